The van der Waals surface area contributed by atoms with Crippen LogP contribution in [-0.4, -0.2) is 146 Å². The maximum atomic E-state index is 14.4. The molecule has 0 spiro atoms. The summed E-state index contributed by atoms with van der Waals surface area (Å²) in [5.74, 6) is -3.57. The summed E-state index contributed by atoms with van der Waals surface area (Å²) in [4.78, 5) is 66.5. The average molecular weight is 935 g/mol. The van der Waals surface area contributed by atoms with E-state index in [9.17, 15) is 44.4 Å². The molecule has 1 aromatic rings. The Balaban J connectivity index is 0.843. The Hall–Kier alpha value is -4.15. The van der Waals surface area contributed by atoms with Gasteiger partial charge in [-0.1, -0.05) is 12.1 Å². The van der Waals surface area contributed by atoms with E-state index in [-0.39, 0.29) is 52.8 Å². The summed E-state index contributed by atoms with van der Waals surface area (Å²) in [6.45, 7) is 10.2. The van der Waals surface area contributed by atoms with Gasteiger partial charge in [0.2, 0.25) is 0 Å². The highest BCUT2D eigenvalue weighted by molar-refractivity contribution is 6.32. The molecule has 4 fully saturated rings. The van der Waals surface area contributed by atoms with Gasteiger partial charge in [0.15, 0.2) is 59.7 Å². The zero-order valence-corrected chi connectivity index (χ0v) is 38.2. The second-order valence-electron chi connectivity index (χ2n) is 19.3. The first kappa shape index (κ1) is 47.9. The van der Waals surface area contributed by atoms with E-state index in [2.05, 4.69) is 0 Å². The number of ether oxygens (including phenoxy) is 9. The fourth-order valence-corrected chi connectivity index (χ4v) is 10.7. The van der Waals surface area contributed by atoms with Crippen molar-refractivity contribution in [3.05, 3.63) is 76.4 Å². The number of phenols is 1. The van der Waals surface area contributed by atoms with Crippen LogP contribution < -0.4 is 0 Å². The molecule has 3 saturated heterocycles. The lowest BCUT2D eigenvalue weighted by molar-refractivity contribution is -0.292. The van der Waals surface area contributed by atoms with Crippen molar-refractivity contribution in [3.8, 4) is 5.75 Å². The van der Waals surface area contributed by atoms with Crippen molar-refractivity contribution in [3.63, 3.8) is 0 Å². The molecule has 0 radical (unpaired) electrons. The van der Waals surface area contributed by atoms with E-state index in [0.29, 0.717) is 25.7 Å². The molecule has 5 heterocycles. The van der Waals surface area contributed by atoms with Crippen LogP contribution in [0, 0.1) is 0 Å². The summed E-state index contributed by atoms with van der Waals surface area (Å²) in [5, 5.41) is 47.6. The normalized spacial score (nSPS) is 43.3. The molecule has 9 rings (SSSR count). The molecule has 0 bridgehead atoms. The molecule has 0 aromatic heterocycles. The van der Waals surface area contributed by atoms with Gasteiger partial charge in [0, 0.05) is 48.8 Å². The summed E-state index contributed by atoms with van der Waals surface area (Å²) in [7, 11) is 0. The fourth-order valence-electron chi connectivity index (χ4n) is 10.7. The highest BCUT2D eigenvalue weighted by atomic mass is 16.7. The predicted octanol–water partition coefficient (Wildman–Crippen LogP) is 3.39. The molecular formula is C49H58O18. The lowest BCUT2D eigenvalue weighted by atomic mass is 9.57. The summed E-state index contributed by atoms with van der Waals surface area (Å²) in [6, 6.07) is 2.70. The minimum atomic E-state index is -2.83. The lowest BCUT2D eigenvalue weighted by Gasteiger charge is -2.53. The number of aliphatic hydroxyl groups is 3. The molecule has 0 amide bonds. The SMILES string of the molecule is C[C@@H]1O[C@@H](O[C@H]2CC[C@H](O[C@H]3[C@H](O)CC(c4ccc5c(c4O)C(=O)C4=C(C5=O)[C@]5(O)C(=O)C[C@](C)(O[C@H]6CC[C@H](O[C@H]7C=CC(=O)[C@H](C)O7)[C@H](C)O6)C[C@@]5(O)C=C4)O[C@@H]3C)O[C@H]2C)C=CC1=O. The number of Topliss-reactive ketones (excluding diaryl/α,β-unsaturated/α-hetero) is 3. The zero-order valence-electron chi connectivity index (χ0n) is 38.2. The summed E-state index contributed by atoms with van der Waals surface area (Å²) < 4.78 is 54.4. The summed E-state index contributed by atoms with van der Waals surface area (Å²) >= 11 is 0. The maximum absolute atomic E-state index is 14.4. The second kappa shape index (κ2) is 18.0. The summed E-state index contributed by atoms with van der Waals surface area (Å²) in [5.41, 5.74) is -8.05. The van der Waals surface area contributed by atoms with E-state index in [1.807, 2.05) is 6.92 Å². The number of carbonyl (C=O) groups is 5. The number of aromatic hydroxyl groups is 1. The first-order valence-electron chi connectivity index (χ1n) is 23.1. The molecule has 4 N–H and O–H groups in total. The molecule has 1 unspecified atom stereocenters. The standard InChI is InChI=1S/C49H58O18/c1-22-30(50)9-13-37(60-22)64-33-11-15-39(62-24(33)3)66-46-26(5)59-35(19-32(46)52)27-7-8-28-41(43(27)54)44(55)29-17-18-48(57)21-47(6,20-36(53)49(48,58)42(29)45(28)56)67-40-16-12-34(25(4)63-40)65-38-14-10-31(51)23(2)61-38/h7-10,13-14,17-18,22-26,32-35,37-40,46,52,54,57-58H,11-12,15-16,19-21H2,1-6H3/t22-,23-,24-,25-,26+,32+,33-,34-,35?,37-,38-,39-,40-,46+,47-,48-,49+/m0/s1. The third-order valence-corrected chi connectivity index (χ3v) is 14.4. The monoisotopic (exact) mass is 934 g/mol. The van der Waals surface area contributed by atoms with Gasteiger partial charge < -0.3 is 63.1 Å². The van der Waals surface area contributed by atoms with E-state index in [4.69, 9.17) is 42.6 Å². The van der Waals surface area contributed by atoms with Gasteiger partial charge in [0.05, 0.1) is 59.5 Å². The van der Waals surface area contributed by atoms with E-state index in [1.165, 1.54) is 30.4 Å². The highest BCUT2D eigenvalue weighted by Gasteiger charge is 2.67. The third-order valence-electron chi connectivity index (χ3n) is 14.4. The van der Waals surface area contributed by atoms with Crippen molar-refractivity contribution in [2.75, 3.05) is 0 Å². The van der Waals surface area contributed by atoms with Crippen LogP contribution in [0.1, 0.15) is 119 Å². The van der Waals surface area contributed by atoms with Crippen LogP contribution in [0.25, 0.3) is 0 Å². The van der Waals surface area contributed by atoms with Crippen molar-refractivity contribution in [2.24, 2.45) is 0 Å². The molecule has 18 heteroatoms. The van der Waals surface area contributed by atoms with Crippen molar-refractivity contribution < 1.29 is 87.0 Å². The zero-order chi connectivity index (χ0) is 47.9. The molecule has 67 heavy (non-hydrogen) atoms. The van der Waals surface area contributed by atoms with E-state index < -0.39 is 132 Å². The largest absolute Gasteiger partial charge is 0.507 e. The first-order chi connectivity index (χ1) is 31.7. The number of phenolic OH excluding ortho intramolecular Hbond substituents is 1. The molecule has 8 aliphatic rings. The van der Waals surface area contributed by atoms with Crippen molar-refractivity contribution >= 4 is 28.9 Å². The molecule has 5 aliphatic heterocycles. The van der Waals surface area contributed by atoms with Gasteiger partial charge in [-0.25, -0.2) is 0 Å². The van der Waals surface area contributed by atoms with Crippen LogP contribution in [0.15, 0.2) is 59.7 Å². The number of benzene rings is 1. The van der Waals surface area contributed by atoms with Gasteiger partial charge in [0.25, 0.3) is 0 Å². The number of rotatable bonds is 9. The molecule has 17 atom stereocenters. The fraction of sp³-hybridized carbons (Fsp3) is 0.612. The number of ketones is 5. The Bertz CT molecular complexity index is 2320. The van der Waals surface area contributed by atoms with Crippen molar-refractivity contribution in [1.29, 1.82) is 0 Å². The van der Waals surface area contributed by atoms with Crippen molar-refractivity contribution in [2.45, 2.75) is 189 Å². The van der Waals surface area contributed by atoms with E-state index in [1.54, 1.807) is 46.8 Å². The number of fused-ring (bicyclic) bond motifs is 3. The van der Waals surface area contributed by atoms with Crippen LogP contribution in [0.2, 0.25) is 0 Å². The highest BCUT2D eigenvalue weighted by Crippen LogP contribution is 2.53. The van der Waals surface area contributed by atoms with Gasteiger partial charge in [-0.2, -0.15) is 0 Å². The number of hydrogen-bond donors (Lipinski definition) is 4. The van der Waals surface area contributed by atoms with Crippen LogP contribution in [-0.2, 0) is 57.0 Å². The molecule has 362 valence electrons. The molecular weight excluding hydrogens is 877 g/mol. The van der Waals surface area contributed by atoms with Gasteiger partial charge in [-0.05, 0) is 90.8 Å². The lowest BCUT2D eigenvalue weighted by Crippen LogP contribution is -2.69. The topological polar surface area (TPSA) is 249 Å². The van der Waals surface area contributed by atoms with Crippen LogP contribution in [0.5, 0.6) is 5.75 Å². The van der Waals surface area contributed by atoms with Gasteiger partial charge >= 0.3 is 0 Å². The van der Waals surface area contributed by atoms with E-state index in [0.717, 1.165) is 6.08 Å². The Morgan fingerprint density at radius 1 is 0.701 bits per heavy atom. The number of carbonyl (C=O) groups excluding carboxylic acids is 5. The Morgan fingerprint density at radius 2 is 1.30 bits per heavy atom. The predicted molar refractivity (Wildman–Crippen MR) is 229 cm³/mol. The number of aliphatic hydroxyl groups excluding tert-OH is 1. The molecule has 1 saturated carbocycles. The summed E-state index contributed by atoms with van der Waals surface area (Å²) in [6.07, 6.45) is -0.115. The molecule has 18 nitrogen and oxygen atoms in total. The minimum absolute atomic E-state index is 0.0512. The quantitative estimate of drug-likeness (QED) is 0.277. The second-order valence-corrected chi connectivity index (χ2v) is 19.3. The van der Waals surface area contributed by atoms with Crippen molar-refractivity contribution in [1.82, 2.24) is 0 Å². The van der Waals surface area contributed by atoms with Crippen LogP contribution >= 0.6 is 0 Å². The molecule has 3 aliphatic carbocycles. The van der Waals surface area contributed by atoms with Crippen LogP contribution in [0.3, 0.4) is 0 Å². The Kier molecular flexibility index (Phi) is 12.9. The Morgan fingerprint density at radius 3 is 1.88 bits per heavy atom. The average Bonchev–Trinajstić information content (AvgIpc) is 3.26. The molecule has 1 aromatic carbocycles. The maximum Gasteiger partial charge on any atom is 0.198 e. The van der Waals surface area contributed by atoms with Gasteiger partial charge in [-0.15, -0.1) is 0 Å². The minimum Gasteiger partial charge on any atom is -0.507 e. The first-order valence-corrected chi connectivity index (χ1v) is 23.1. The Labute approximate surface area is 386 Å². The third kappa shape index (κ3) is 8.67. The van der Waals surface area contributed by atoms with Gasteiger partial charge in [-0.3, -0.25) is 24.0 Å². The smallest absolute Gasteiger partial charge is 0.198 e. The number of hydrogen-bond acceptors (Lipinski definition) is 18. The van der Waals surface area contributed by atoms with E-state index >= 15 is 0 Å². The van der Waals surface area contributed by atoms with Crippen LogP contribution in [0.4, 0.5) is 0 Å². The van der Waals surface area contributed by atoms with Gasteiger partial charge in [0.1, 0.15) is 29.7 Å². The number of allylic oxidation sites excluding steroid dienone is 2.